The molecule has 0 atom stereocenters. The van der Waals surface area contributed by atoms with Crippen LogP contribution in [-0.2, 0) is 36.3 Å². The summed E-state index contributed by atoms with van der Waals surface area (Å²) < 4.78 is 18.6. The van der Waals surface area contributed by atoms with Crippen molar-refractivity contribution >= 4 is 7.82 Å². The van der Waals surface area contributed by atoms with E-state index in [-0.39, 0.29) is 21.7 Å². The lowest BCUT2D eigenvalue weighted by Crippen LogP contribution is -2.36. The maximum atomic E-state index is 12.7. The Morgan fingerprint density at radius 1 is 0.568 bits per heavy atom. The van der Waals surface area contributed by atoms with Gasteiger partial charge in [0, 0.05) is 0 Å². The molecule has 0 unspecified atom stereocenters. The minimum Gasteiger partial charge on any atom is -0.303 e. The molecule has 0 aliphatic heterocycles. The normalized spacial score (nSPS) is 14.3. The number of phosphoric ester groups is 1. The summed E-state index contributed by atoms with van der Waals surface area (Å²) in [7, 11) is -4.89. The van der Waals surface area contributed by atoms with Crippen LogP contribution in [0.3, 0.4) is 0 Å². The number of hydrogen-bond donors (Lipinski definition) is 2. The standard InChI is InChI=1S/C32H51O4P/c1-20-16-22(28(3,4)5)18-24(30(9,10)11)26(20)32(15,36-37(33,34)35)27-21(2)17-23(29(6,7)8)19-25(27)31(12,13)14/h16-19H,1-15H3,(H2,33,34,35). The fourth-order valence-electron chi connectivity index (χ4n) is 5.34. The van der Waals surface area contributed by atoms with E-state index in [9.17, 15) is 14.4 Å². The van der Waals surface area contributed by atoms with Crippen LogP contribution >= 0.6 is 7.82 Å². The van der Waals surface area contributed by atoms with Crippen LogP contribution in [0.5, 0.6) is 0 Å². The largest absolute Gasteiger partial charge is 0.470 e. The molecule has 0 heterocycles. The van der Waals surface area contributed by atoms with Crippen LogP contribution in [0.25, 0.3) is 0 Å². The molecule has 0 aliphatic rings. The molecule has 0 aromatic heterocycles. The van der Waals surface area contributed by atoms with E-state index in [0.29, 0.717) is 0 Å². The van der Waals surface area contributed by atoms with E-state index in [1.165, 1.54) is 11.1 Å². The van der Waals surface area contributed by atoms with Crippen LogP contribution in [0.1, 0.15) is 135 Å². The van der Waals surface area contributed by atoms with Gasteiger partial charge in [0.05, 0.1) is 0 Å². The van der Waals surface area contributed by atoms with Crippen molar-refractivity contribution in [3.05, 3.63) is 68.8 Å². The Hall–Kier alpha value is -1.45. The zero-order valence-electron chi connectivity index (χ0n) is 26.0. The fourth-order valence-corrected chi connectivity index (χ4v) is 6.00. The number of rotatable bonds is 4. The van der Waals surface area contributed by atoms with Gasteiger partial charge in [-0.3, -0.25) is 4.52 Å². The third kappa shape index (κ3) is 6.95. The van der Waals surface area contributed by atoms with E-state index >= 15 is 0 Å². The van der Waals surface area contributed by atoms with Crippen molar-refractivity contribution in [3.8, 4) is 0 Å². The molecule has 0 spiro atoms. The minimum absolute atomic E-state index is 0.0787. The molecule has 0 saturated carbocycles. The molecule has 2 rings (SSSR count). The summed E-state index contributed by atoms with van der Waals surface area (Å²) in [5, 5.41) is 0. The average Bonchev–Trinajstić information content (AvgIpc) is 2.62. The smallest absolute Gasteiger partial charge is 0.303 e. The molecule has 0 fully saturated rings. The quantitative estimate of drug-likeness (QED) is 0.387. The highest BCUT2D eigenvalue weighted by Gasteiger charge is 2.45. The molecule has 208 valence electrons. The number of phosphoric acid groups is 1. The van der Waals surface area contributed by atoms with Gasteiger partial charge >= 0.3 is 7.82 Å². The fraction of sp³-hybridized carbons (Fsp3) is 0.625. The maximum Gasteiger partial charge on any atom is 0.470 e. The van der Waals surface area contributed by atoms with Crippen molar-refractivity contribution in [1.82, 2.24) is 0 Å². The summed E-state index contributed by atoms with van der Waals surface area (Å²) in [5.74, 6) is 0. The Morgan fingerprint density at radius 3 is 1.08 bits per heavy atom. The van der Waals surface area contributed by atoms with E-state index in [1.54, 1.807) is 0 Å². The third-order valence-corrected chi connectivity index (χ3v) is 7.88. The molecule has 2 aromatic carbocycles. The van der Waals surface area contributed by atoms with Crippen LogP contribution in [0.2, 0.25) is 0 Å². The van der Waals surface area contributed by atoms with E-state index in [0.717, 1.165) is 33.4 Å². The van der Waals surface area contributed by atoms with Gasteiger partial charge in [-0.25, -0.2) is 4.57 Å². The second-order valence-electron chi connectivity index (χ2n) is 15.0. The Morgan fingerprint density at radius 2 is 0.865 bits per heavy atom. The summed E-state index contributed by atoms with van der Waals surface area (Å²) in [6.07, 6.45) is 0. The van der Waals surface area contributed by atoms with Crippen LogP contribution in [-0.4, -0.2) is 9.79 Å². The van der Waals surface area contributed by atoms with Gasteiger partial charge in [-0.1, -0.05) is 107 Å². The van der Waals surface area contributed by atoms with Crippen molar-refractivity contribution in [3.63, 3.8) is 0 Å². The van der Waals surface area contributed by atoms with Crippen LogP contribution in [0.4, 0.5) is 0 Å². The summed E-state index contributed by atoms with van der Waals surface area (Å²) in [5.41, 5.74) is 5.91. The Bertz CT molecular complexity index is 1120. The molecule has 0 radical (unpaired) electrons. The molecule has 2 N–H and O–H groups in total. The van der Waals surface area contributed by atoms with Gasteiger partial charge in [-0.05, 0) is 86.9 Å². The first-order chi connectivity index (χ1) is 16.2. The molecular weight excluding hydrogens is 479 g/mol. The Kier molecular flexibility index (Phi) is 8.27. The first-order valence-electron chi connectivity index (χ1n) is 13.3. The lowest BCUT2D eigenvalue weighted by atomic mass is 9.68. The van der Waals surface area contributed by atoms with E-state index < -0.39 is 13.4 Å². The second-order valence-corrected chi connectivity index (χ2v) is 16.2. The molecule has 0 saturated heterocycles. The number of benzene rings is 2. The zero-order chi connectivity index (χ0) is 29.2. The Labute approximate surface area is 226 Å². The number of hydrogen-bond acceptors (Lipinski definition) is 2. The molecule has 0 amide bonds. The third-order valence-electron chi connectivity index (χ3n) is 7.27. The van der Waals surface area contributed by atoms with Crippen LogP contribution < -0.4 is 0 Å². The first kappa shape index (κ1) is 31.8. The molecular formula is C32H51O4P. The van der Waals surface area contributed by atoms with Crippen molar-refractivity contribution in [1.29, 1.82) is 0 Å². The molecule has 4 nitrogen and oxygen atoms in total. The molecule has 2 aromatic rings. The van der Waals surface area contributed by atoms with E-state index in [1.807, 2.05) is 20.8 Å². The van der Waals surface area contributed by atoms with Crippen molar-refractivity contribution in [2.45, 2.75) is 131 Å². The monoisotopic (exact) mass is 530 g/mol. The molecule has 0 bridgehead atoms. The van der Waals surface area contributed by atoms with Gasteiger partial charge in [0.1, 0.15) is 5.60 Å². The maximum absolute atomic E-state index is 12.7. The van der Waals surface area contributed by atoms with E-state index in [4.69, 9.17) is 4.52 Å². The van der Waals surface area contributed by atoms with E-state index in [2.05, 4.69) is 107 Å². The predicted octanol–water partition coefficient (Wildman–Crippen LogP) is 8.87. The summed E-state index contributed by atoms with van der Waals surface area (Å²) in [6.45, 7) is 31.9. The van der Waals surface area contributed by atoms with Gasteiger partial charge in [0.15, 0.2) is 0 Å². The van der Waals surface area contributed by atoms with Crippen molar-refractivity contribution in [2.24, 2.45) is 0 Å². The van der Waals surface area contributed by atoms with Gasteiger partial charge in [0.25, 0.3) is 0 Å². The Balaban J connectivity index is 3.22. The topological polar surface area (TPSA) is 66.8 Å². The highest BCUT2D eigenvalue weighted by Crippen LogP contribution is 2.54. The molecule has 0 aliphatic carbocycles. The molecule has 37 heavy (non-hydrogen) atoms. The number of aryl methyl sites for hydroxylation is 2. The lowest BCUT2D eigenvalue weighted by molar-refractivity contribution is 0.0768. The molecule has 5 heteroatoms. The van der Waals surface area contributed by atoms with Gasteiger partial charge in [-0.2, -0.15) is 0 Å². The SMILES string of the molecule is Cc1cc(C(C)(C)C)cc(C(C)(C)C)c1C(C)(OP(=O)(O)O)c1c(C)cc(C(C)(C)C)cc1C(C)(C)C. The summed E-state index contributed by atoms with van der Waals surface area (Å²) in [6, 6.07) is 8.72. The highest BCUT2D eigenvalue weighted by molar-refractivity contribution is 7.46. The van der Waals surface area contributed by atoms with Crippen molar-refractivity contribution < 1.29 is 18.9 Å². The first-order valence-corrected chi connectivity index (χ1v) is 14.8. The van der Waals surface area contributed by atoms with Crippen molar-refractivity contribution in [2.75, 3.05) is 0 Å². The lowest BCUT2D eigenvalue weighted by Gasteiger charge is -2.42. The summed E-state index contributed by atoms with van der Waals surface area (Å²) in [4.78, 5) is 20.6. The van der Waals surface area contributed by atoms with Crippen LogP contribution in [0.15, 0.2) is 24.3 Å². The second kappa shape index (κ2) is 9.63. The zero-order valence-corrected chi connectivity index (χ0v) is 26.9. The highest BCUT2D eigenvalue weighted by atomic mass is 31.2. The van der Waals surface area contributed by atoms with Gasteiger partial charge < -0.3 is 9.79 Å². The minimum atomic E-state index is -4.89. The summed E-state index contributed by atoms with van der Waals surface area (Å²) >= 11 is 0. The van der Waals surface area contributed by atoms with Gasteiger partial charge in [-0.15, -0.1) is 0 Å². The average molecular weight is 531 g/mol. The predicted molar refractivity (Wildman–Crippen MR) is 157 cm³/mol. The van der Waals surface area contributed by atoms with Gasteiger partial charge in [0.2, 0.25) is 0 Å². The van der Waals surface area contributed by atoms with Crippen LogP contribution in [0, 0.1) is 13.8 Å².